The van der Waals surface area contributed by atoms with E-state index in [1.165, 1.54) is 17.1 Å². The molecule has 1 aromatic carbocycles. The van der Waals surface area contributed by atoms with Gasteiger partial charge in [0.15, 0.2) is 0 Å². The second kappa shape index (κ2) is 9.51. The van der Waals surface area contributed by atoms with E-state index in [0.29, 0.717) is 18.9 Å². The van der Waals surface area contributed by atoms with Crippen molar-refractivity contribution in [2.45, 2.75) is 46.6 Å². The summed E-state index contributed by atoms with van der Waals surface area (Å²) in [5.41, 5.74) is 1.20. The van der Waals surface area contributed by atoms with Gasteiger partial charge < -0.3 is 10.2 Å². The standard InChI is InChI=1S/C19H28N4OS/c1-14(2)13-20-18(24)10-11-23(15(3)4)19-21-17(22-25-19)12-16-8-6-5-7-9-16/h5-9,14-15H,10-13H2,1-4H3,(H,20,24). The number of aromatic nitrogens is 2. The van der Waals surface area contributed by atoms with Gasteiger partial charge in [-0.1, -0.05) is 44.2 Å². The van der Waals surface area contributed by atoms with Crippen molar-refractivity contribution in [3.63, 3.8) is 0 Å². The normalized spacial score (nSPS) is 11.1. The molecule has 25 heavy (non-hydrogen) atoms. The first-order chi connectivity index (χ1) is 12.0. The first kappa shape index (κ1) is 19.4. The Hall–Kier alpha value is -1.95. The minimum absolute atomic E-state index is 0.0911. The molecule has 5 nitrogen and oxygen atoms in total. The Bertz CT molecular complexity index is 654. The van der Waals surface area contributed by atoms with Crippen LogP contribution in [-0.4, -0.2) is 34.4 Å². The maximum atomic E-state index is 12.0. The van der Waals surface area contributed by atoms with E-state index in [4.69, 9.17) is 0 Å². The zero-order valence-electron chi connectivity index (χ0n) is 15.5. The second-order valence-corrected chi connectivity index (χ2v) is 7.62. The minimum atomic E-state index is 0.0911. The first-order valence-corrected chi connectivity index (χ1v) is 9.63. The number of rotatable bonds is 9. The van der Waals surface area contributed by atoms with E-state index in [-0.39, 0.29) is 11.9 Å². The molecule has 0 unspecified atom stereocenters. The average Bonchev–Trinajstić information content (AvgIpc) is 3.02. The van der Waals surface area contributed by atoms with Crippen molar-refractivity contribution in [1.29, 1.82) is 0 Å². The monoisotopic (exact) mass is 360 g/mol. The van der Waals surface area contributed by atoms with E-state index in [0.717, 1.165) is 23.9 Å². The van der Waals surface area contributed by atoms with E-state index in [9.17, 15) is 4.79 Å². The van der Waals surface area contributed by atoms with Gasteiger partial charge in [0.25, 0.3) is 0 Å². The minimum Gasteiger partial charge on any atom is -0.356 e. The van der Waals surface area contributed by atoms with Crippen LogP contribution in [0.15, 0.2) is 30.3 Å². The summed E-state index contributed by atoms with van der Waals surface area (Å²) in [6, 6.07) is 10.5. The zero-order valence-corrected chi connectivity index (χ0v) is 16.3. The van der Waals surface area contributed by atoms with Crippen LogP contribution in [0.25, 0.3) is 0 Å². The molecule has 0 spiro atoms. The van der Waals surface area contributed by atoms with E-state index in [1.54, 1.807) is 0 Å². The molecule has 136 valence electrons. The molecule has 0 saturated carbocycles. The molecule has 0 atom stereocenters. The Morgan fingerprint density at radius 2 is 1.92 bits per heavy atom. The van der Waals surface area contributed by atoms with Gasteiger partial charge in [-0.15, -0.1) is 0 Å². The Labute approximate surface area is 154 Å². The summed E-state index contributed by atoms with van der Waals surface area (Å²) in [4.78, 5) is 18.8. The van der Waals surface area contributed by atoms with Crippen molar-refractivity contribution < 1.29 is 4.79 Å². The molecule has 0 saturated heterocycles. The molecule has 0 aliphatic carbocycles. The number of nitrogens with one attached hydrogen (secondary N) is 1. The van der Waals surface area contributed by atoms with Gasteiger partial charge in [-0.2, -0.15) is 4.37 Å². The van der Waals surface area contributed by atoms with Crippen molar-refractivity contribution in [1.82, 2.24) is 14.7 Å². The van der Waals surface area contributed by atoms with Crippen LogP contribution >= 0.6 is 11.5 Å². The van der Waals surface area contributed by atoms with Gasteiger partial charge in [-0.25, -0.2) is 4.98 Å². The molecule has 1 heterocycles. The fourth-order valence-electron chi connectivity index (χ4n) is 2.41. The number of benzene rings is 1. The lowest BCUT2D eigenvalue weighted by Crippen LogP contribution is -2.36. The number of nitrogens with zero attached hydrogens (tertiary/aromatic N) is 3. The van der Waals surface area contributed by atoms with Gasteiger partial charge in [0.2, 0.25) is 11.0 Å². The molecule has 0 bridgehead atoms. The Morgan fingerprint density at radius 3 is 2.56 bits per heavy atom. The summed E-state index contributed by atoms with van der Waals surface area (Å²) >= 11 is 1.41. The van der Waals surface area contributed by atoms with Gasteiger partial charge in [0, 0.05) is 43.5 Å². The molecular weight excluding hydrogens is 332 g/mol. The summed E-state index contributed by atoms with van der Waals surface area (Å²) in [5, 5.41) is 3.85. The SMILES string of the molecule is CC(C)CNC(=O)CCN(c1nc(Cc2ccccc2)ns1)C(C)C. The van der Waals surface area contributed by atoms with Crippen LogP contribution in [0, 0.1) is 5.92 Å². The highest BCUT2D eigenvalue weighted by Gasteiger charge is 2.17. The Kier molecular flexibility index (Phi) is 7.37. The van der Waals surface area contributed by atoms with E-state index in [1.807, 2.05) is 18.2 Å². The lowest BCUT2D eigenvalue weighted by atomic mass is 10.1. The maximum Gasteiger partial charge on any atom is 0.221 e. The molecule has 2 aromatic rings. The van der Waals surface area contributed by atoms with Crippen LogP contribution < -0.4 is 10.2 Å². The van der Waals surface area contributed by atoms with Gasteiger partial charge in [0.1, 0.15) is 5.82 Å². The smallest absolute Gasteiger partial charge is 0.221 e. The second-order valence-electron chi connectivity index (χ2n) is 6.89. The number of carbonyl (C=O) groups excluding carboxylic acids is 1. The van der Waals surface area contributed by atoms with Gasteiger partial charge >= 0.3 is 0 Å². The number of carbonyl (C=O) groups is 1. The molecule has 0 radical (unpaired) electrons. The van der Waals surface area contributed by atoms with Crippen molar-refractivity contribution in [2.24, 2.45) is 5.92 Å². The van der Waals surface area contributed by atoms with Crippen LogP contribution in [-0.2, 0) is 11.2 Å². The predicted molar refractivity (Wildman–Crippen MR) is 104 cm³/mol. The highest BCUT2D eigenvalue weighted by molar-refractivity contribution is 7.09. The van der Waals surface area contributed by atoms with Crippen LogP contribution in [0.1, 0.15) is 45.5 Å². The zero-order chi connectivity index (χ0) is 18.2. The van der Waals surface area contributed by atoms with Crippen LogP contribution in [0.2, 0.25) is 0 Å². The lowest BCUT2D eigenvalue weighted by Gasteiger charge is -2.25. The fraction of sp³-hybridized carbons (Fsp3) is 0.526. The molecule has 1 aromatic heterocycles. The highest BCUT2D eigenvalue weighted by Crippen LogP contribution is 2.21. The third-order valence-corrected chi connectivity index (χ3v) is 4.61. The maximum absolute atomic E-state index is 12.0. The largest absolute Gasteiger partial charge is 0.356 e. The van der Waals surface area contributed by atoms with Crippen molar-refractivity contribution in [3.8, 4) is 0 Å². The van der Waals surface area contributed by atoms with Crippen molar-refractivity contribution in [3.05, 3.63) is 41.7 Å². The fourth-order valence-corrected chi connectivity index (χ4v) is 3.26. The quantitative estimate of drug-likeness (QED) is 0.743. The predicted octanol–water partition coefficient (Wildman–Crippen LogP) is 3.51. The number of hydrogen-bond donors (Lipinski definition) is 1. The average molecular weight is 361 g/mol. The summed E-state index contributed by atoms with van der Waals surface area (Å²) in [5.74, 6) is 1.39. The van der Waals surface area contributed by atoms with Crippen molar-refractivity contribution >= 4 is 22.6 Å². The molecule has 2 rings (SSSR count). The Morgan fingerprint density at radius 1 is 1.20 bits per heavy atom. The summed E-state index contributed by atoms with van der Waals surface area (Å²) in [6.45, 7) is 9.79. The molecule has 0 aliphatic heterocycles. The highest BCUT2D eigenvalue weighted by atomic mass is 32.1. The van der Waals surface area contributed by atoms with Crippen LogP contribution in [0.4, 0.5) is 5.13 Å². The Balaban J connectivity index is 1.95. The van der Waals surface area contributed by atoms with Crippen LogP contribution in [0.5, 0.6) is 0 Å². The summed E-state index contributed by atoms with van der Waals surface area (Å²) in [7, 11) is 0. The third-order valence-electron chi connectivity index (χ3n) is 3.82. The summed E-state index contributed by atoms with van der Waals surface area (Å²) < 4.78 is 4.49. The van der Waals surface area contributed by atoms with E-state index < -0.39 is 0 Å². The lowest BCUT2D eigenvalue weighted by molar-refractivity contribution is -0.121. The molecule has 0 fully saturated rings. The topological polar surface area (TPSA) is 58.1 Å². The molecule has 0 aliphatic rings. The molecule has 1 amide bonds. The van der Waals surface area contributed by atoms with Gasteiger partial charge in [-0.05, 0) is 25.3 Å². The first-order valence-electron chi connectivity index (χ1n) is 8.85. The summed E-state index contributed by atoms with van der Waals surface area (Å²) in [6.07, 6.45) is 1.21. The van der Waals surface area contributed by atoms with Crippen molar-refractivity contribution in [2.75, 3.05) is 18.0 Å². The van der Waals surface area contributed by atoms with Gasteiger partial charge in [-0.3, -0.25) is 4.79 Å². The number of amides is 1. The van der Waals surface area contributed by atoms with Gasteiger partial charge in [0.05, 0.1) is 0 Å². The number of anilines is 1. The molecular formula is C19H28N4OS. The van der Waals surface area contributed by atoms with Crippen LogP contribution in [0.3, 0.4) is 0 Å². The molecule has 1 N–H and O–H groups in total. The number of hydrogen-bond acceptors (Lipinski definition) is 5. The van der Waals surface area contributed by atoms with E-state index in [2.05, 4.69) is 59.4 Å². The third kappa shape index (κ3) is 6.46. The molecule has 6 heteroatoms. The van der Waals surface area contributed by atoms with E-state index >= 15 is 0 Å².